The van der Waals surface area contributed by atoms with Crippen molar-refractivity contribution in [2.45, 2.75) is 77.0 Å². The molecule has 0 aromatic heterocycles. The van der Waals surface area contributed by atoms with Crippen LogP contribution >= 0.6 is 15.9 Å². The van der Waals surface area contributed by atoms with Crippen LogP contribution in [0, 0.1) is 23.2 Å². The first-order valence-electron chi connectivity index (χ1n) is 8.78. The second kappa shape index (κ2) is 7.48. The molecule has 2 aliphatic rings. The Morgan fingerprint density at radius 2 is 1.76 bits per heavy atom. The number of alkyl halides is 1. The van der Waals surface area contributed by atoms with Gasteiger partial charge in [0.25, 0.3) is 0 Å². The van der Waals surface area contributed by atoms with Crippen molar-refractivity contribution in [3.05, 3.63) is 0 Å². The zero-order valence-corrected chi connectivity index (χ0v) is 15.5. The number of carbonyl (C=O) groups excluding carboxylic acids is 1. The van der Waals surface area contributed by atoms with E-state index in [0.29, 0.717) is 22.1 Å². The fraction of sp³-hybridized carbons (Fsp3) is 0.944. The van der Waals surface area contributed by atoms with Crippen molar-refractivity contribution in [1.82, 2.24) is 5.32 Å². The number of nitrogens with one attached hydrogen (secondary N) is 1. The van der Waals surface area contributed by atoms with Crippen LogP contribution in [0.1, 0.15) is 72.1 Å². The summed E-state index contributed by atoms with van der Waals surface area (Å²) < 4.78 is 0. The molecule has 1 amide bonds. The molecule has 2 unspecified atom stereocenters. The van der Waals surface area contributed by atoms with Gasteiger partial charge in [-0.1, -0.05) is 43.1 Å². The highest BCUT2D eigenvalue weighted by molar-refractivity contribution is 9.09. The van der Waals surface area contributed by atoms with Crippen molar-refractivity contribution in [3.8, 4) is 0 Å². The average Bonchev–Trinajstić information content (AvgIpc) is 2.44. The van der Waals surface area contributed by atoms with Crippen LogP contribution in [-0.4, -0.2) is 17.3 Å². The van der Waals surface area contributed by atoms with E-state index in [1.807, 2.05) is 0 Å². The van der Waals surface area contributed by atoms with Crippen LogP contribution in [0.5, 0.6) is 0 Å². The molecule has 0 bridgehead atoms. The van der Waals surface area contributed by atoms with E-state index in [1.165, 1.54) is 38.5 Å². The quantitative estimate of drug-likeness (QED) is 0.714. The summed E-state index contributed by atoms with van der Waals surface area (Å²) >= 11 is 3.72. The van der Waals surface area contributed by atoms with Gasteiger partial charge in [0, 0.05) is 17.3 Å². The minimum atomic E-state index is 0.270. The van der Waals surface area contributed by atoms with Crippen molar-refractivity contribution in [2.24, 2.45) is 23.2 Å². The Balaban J connectivity index is 1.70. The summed E-state index contributed by atoms with van der Waals surface area (Å²) in [5, 5.41) is 3.24. The van der Waals surface area contributed by atoms with Crippen LogP contribution in [-0.2, 0) is 4.79 Å². The van der Waals surface area contributed by atoms with Crippen LogP contribution in [0.4, 0.5) is 0 Å². The number of halogens is 1. The van der Waals surface area contributed by atoms with E-state index in [-0.39, 0.29) is 5.92 Å². The van der Waals surface area contributed by atoms with Gasteiger partial charge >= 0.3 is 0 Å². The second-order valence-corrected chi connectivity index (χ2v) is 9.58. The summed E-state index contributed by atoms with van der Waals surface area (Å²) in [7, 11) is 0. The maximum Gasteiger partial charge on any atom is 0.223 e. The van der Waals surface area contributed by atoms with E-state index < -0.39 is 0 Å². The van der Waals surface area contributed by atoms with E-state index in [2.05, 4.69) is 42.0 Å². The molecule has 0 saturated heterocycles. The monoisotopic (exact) mass is 357 g/mol. The van der Waals surface area contributed by atoms with Crippen LogP contribution in [0.25, 0.3) is 0 Å². The van der Waals surface area contributed by atoms with Gasteiger partial charge < -0.3 is 5.32 Å². The Morgan fingerprint density at radius 3 is 2.33 bits per heavy atom. The van der Waals surface area contributed by atoms with E-state index in [1.54, 1.807) is 0 Å². The van der Waals surface area contributed by atoms with Gasteiger partial charge in [0.2, 0.25) is 5.91 Å². The van der Waals surface area contributed by atoms with Gasteiger partial charge in [-0.25, -0.2) is 0 Å². The zero-order chi connectivity index (χ0) is 15.5. The number of carbonyl (C=O) groups is 1. The molecule has 0 heterocycles. The molecular formula is C18H32BrNO. The third-order valence-corrected chi connectivity index (χ3v) is 6.44. The molecule has 0 radical (unpaired) electrons. The molecule has 122 valence electrons. The van der Waals surface area contributed by atoms with Gasteiger partial charge in [-0.15, -0.1) is 0 Å². The normalized spacial score (nSPS) is 34.5. The highest BCUT2D eigenvalue weighted by atomic mass is 79.9. The molecule has 3 heteroatoms. The lowest BCUT2D eigenvalue weighted by molar-refractivity contribution is -0.126. The summed E-state index contributed by atoms with van der Waals surface area (Å²) in [6.45, 7) is 7.88. The number of hydrogen-bond acceptors (Lipinski definition) is 1. The van der Waals surface area contributed by atoms with Crippen LogP contribution < -0.4 is 5.32 Å². The molecule has 0 aromatic rings. The maximum atomic E-state index is 12.4. The Labute approximate surface area is 139 Å². The van der Waals surface area contributed by atoms with Gasteiger partial charge in [-0.2, -0.15) is 0 Å². The first-order chi connectivity index (χ1) is 9.86. The van der Waals surface area contributed by atoms with Crippen LogP contribution in [0.3, 0.4) is 0 Å². The summed E-state index contributed by atoms with van der Waals surface area (Å²) in [5.74, 6) is 2.05. The Bertz CT molecular complexity index is 342. The van der Waals surface area contributed by atoms with Crippen molar-refractivity contribution >= 4 is 21.8 Å². The standard InChI is InChI=1S/C18H32BrNO/c1-18(2,3)15-9-7-14(8-10-15)17(21)20-12-13-5-4-6-16(19)11-13/h13-16H,4-12H2,1-3H3,(H,20,21). The number of rotatable bonds is 3. The van der Waals surface area contributed by atoms with Crippen molar-refractivity contribution in [2.75, 3.05) is 6.54 Å². The van der Waals surface area contributed by atoms with Crippen LogP contribution in [0.2, 0.25) is 0 Å². The lowest BCUT2D eigenvalue weighted by atomic mass is 9.69. The van der Waals surface area contributed by atoms with Crippen molar-refractivity contribution in [1.29, 1.82) is 0 Å². The van der Waals surface area contributed by atoms with E-state index in [9.17, 15) is 4.79 Å². The third kappa shape index (κ3) is 5.26. The summed E-state index contributed by atoms with van der Waals surface area (Å²) in [5.41, 5.74) is 0.397. The fourth-order valence-electron chi connectivity index (χ4n) is 4.02. The average molecular weight is 358 g/mol. The molecule has 0 aliphatic heterocycles. The van der Waals surface area contributed by atoms with Gasteiger partial charge in [-0.05, 0) is 62.2 Å². The molecular weight excluding hydrogens is 326 g/mol. The van der Waals surface area contributed by atoms with Gasteiger partial charge in [0.05, 0.1) is 0 Å². The Hall–Kier alpha value is -0.0500. The summed E-state index contributed by atoms with van der Waals surface area (Å²) in [4.78, 5) is 13.0. The predicted octanol–water partition coefficient (Wildman–Crippen LogP) is 4.91. The first kappa shape index (κ1) is 17.3. The number of amides is 1. The second-order valence-electron chi connectivity index (χ2n) is 8.29. The van der Waals surface area contributed by atoms with Crippen molar-refractivity contribution in [3.63, 3.8) is 0 Å². The van der Waals surface area contributed by atoms with Gasteiger partial charge in [0.15, 0.2) is 0 Å². The van der Waals surface area contributed by atoms with Gasteiger partial charge in [-0.3, -0.25) is 4.79 Å². The fourth-order valence-corrected chi connectivity index (χ4v) is 4.87. The number of hydrogen-bond donors (Lipinski definition) is 1. The largest absolute Gasteiger partial charge is 0.356 e. The molecule has 1 N–H and O–H groups in total. The smallest absolute Gasteiger partial charge is 0.223 e. The van der Waals surface area contributed by atoms with E-state index >= 15 is 0 Å². The molecule has 2 saturated carbocycles. The zero-order valence-electron chi connectivity index (χ0n) is 14.0. The minimum Gasteiger partial charge on any atom is -0.356 e. The SMILES string of the molecule is CC(C)(C)C1CCC(C(=O)NCC2CCCC(Br)C2)CC1. The highest BCUT2D eigenvalue weighted by Gasteiger charge is 2.32. The molecule has 2 nitrogen and oxygen atoms in total. The van der Waals surface area contributed by atoms with Gasteiger partial charge in [0.1, 0.15) is 0 Å². The molecule has 0 spiro atoms. The van der Waals surface area contributed by atoms with Crippen LogP contribution in [0.15, 0.2) is 0 Å². The summed E-state index contributed by atoms with van der Waals surface area (Å²) in [6, 6.07) is 0. The minimum absolute atomic E-state index is 0.270. The molecule has 2 atom stereocenters. The topological polar surface area (TPSA) is 29.1 Å². The lowest BCUT2D eigenvalue weighted by Gasteiger charge is -2.36. The molecule has 21 heavy (non-hydrogen) atoms. The molecule has 2 aliphatic carbocycles. The first-order valence-corrected chi connectivity index (χ1v) is 9.69. The van der Waals surface area contributed by atoms with Crippen molar-refractivity contribution < 1.29 is 4.79 Å². The molecule has 0 aromatic carbocycles. The maximum absolute atomic E-state index is 12.4. The predicted molar refractivity (Wildman–Crippen MR) is 92.6 cm³/mol. The highest BCUT2D eigenvalue weighted by Crippen LogP contribution is 2.39. The third-order valence-electron chi connectivity index (χ3n) is 5.61. The molecule has 2 rings (SSSR count). The Morgan fingerprint density at radius 1 is 1.10 bits per heavy atom. The Kier molecular flexibility index (Phi) is 6.16. The van der Waals surface area contributed by atoms with E-state index in [4.69, 9.17) is 0 Å². The summed E-state index contributed by atoms with van der Waals surface area (Å²) in [6.07, 6.45) is 9.69. The molecule has 2 fully saturated rings. The van der Waals surface area contributed by atoms with E-state index in [0.717, 1.165) is 25.3 Å². The lowest BCUT2D eigenvalue weighted by Crippen LogP contribution is -2.38.